The molecule has 0 saturated heterocycles. The molecule has 2 heterocycles. The number of para-hydroxylation sites is 1. The molecule has 7 heteroatoms. The Morgan fingerprint density at radius 1 is 1.10 bits per heavy atom. The monoisotopic (exact) mass is 447 g/mol. The third-order valence-corrected chi connectivity index (χ3v) is 6.43. The number of anilines is 1. The topological polar surface area (TPSA) is 61.8 Å². The van der Waals surface area contributed by atoms with Gasteiger partial charge in [-0.1, -0.05) is 66.4 Å². The maximum atomic E-state index is 13.1. The standard InChI is InChI=1S/C24H21N3O2S2/c1-17(18-9-4-2-5-10-18)25-22(28)16-31-24-26-21(15-20-13-8-14-30-20)23(29)27(24)19-11-6-3-7-12-19/h2-15,17H,16H2,1H3,(H,25,28)/b21-15-. The van der Waals surface area contributed by atoms with E-state index in [1.165, 1.54) is 11.8 Å². The van der Waals surface area contributed by atoms with Crippen molar-refractivity contribution in [2.75, 3.05) is 10.7 Å². The number of amidine groups is 1. The second-order valence-electron chi connectivity index (χ2n) is 6.90. The van der Waals surface area contributed by atoms with Gasteiger partial charge in [0.1, 0.15) is 5.70 Å². The van der Waals surface area contributed by atoms with Crippen LogP contribution in [0.25, 0.3) is 6.08 Å². The highest BCUT2D eigenvalue weighted by Crippen LogP contribution is 2.29. The number of nitrogens with zero attached hydrogens (tertiary/aromatic N) is 2. The number of carbonyl (C=O) groups excluding carboxylic acids is 2. The number of nitrogens with one attached hydrogen (secondary N) is 1. The number of amides is 2. The molecule has 0 bridgehead atoms. The van der Waals surface area contributed by atoms with Gasteiger partial charge in [-0.25, -0.2) is 4.99 Å². The molecule has 1 N–H and O–H groups in total. The molecule has 0 spiro atoms. The number of rotatable bonds is 6. The molecule has 1 aromatic heterocycles. The van der Waals surface area contributed by atoms with Gasteiger partial charge in [0.15, 0.2) is 5.17 Å². The molecule has 1 atom stereocenters. The summed E-state index contributed by atoms with van der Waals surface area (Å²) in [4.78, 5) is 32.7. The summed E-state index contributed by atoms with van der Waals surface area (Å²) in [6.45, 7) is 1.95. The SMILES string of the molecule is CC(NC(=O)CSC1=N/C(=C\c2cccs2)C(=O)N1c1ccccc1)c1ccccc1. The van der Waals surface area contributed by atoms with Gasteiger partial charge in [-0.15, -0.1) is 11.3 Å². The lowest BCUT2D eigenvalue weighted by atomic mass is 10.1. The fourth-order valence-electron chi connectivity index (χ4n) is 3.14. The molecule has 0 fully saturated rings. The third kappa shape index (κ3) is 5.13. The van der Waals surface area contributed by atoms with Crippen LogP contribution in [-0.2, 0) is 9.59 Å². The highest BCUT2D eigenvalue weighted by Gasteiger charge is 2.32. The van der Waals surface area contributed by atoms with Crippen molar-refractivity contribution in [2.24, 2.45) is 4.99 Å². The zero-order chi connectivity index (χ0) is 21.6. The van der Waals surface area contributed by atoms with Gasteiger partial charge >= 0.3 is 0 Å². The zero-order valence-electron chi connectivity index (χ0n) is 16.9. The quantitative estimate of drug-likeness (QED) is 0.535. The van der Waals surface area contributed by atoms with Crippen LogP contribution >= 0.6 is 23.1 Å². The Balaban J connectivity index is 1.49. The highest BCUT2D eigenvalue weighted by atomic mass is 32.2. The Morgan fingerprint density at radius 3 is 2.48 bits per heavy atom. The predicted octanol–water partition coefficient (Wildman–Crippen LogP) is 5.10. The van der Waals surface area contributed by atoms with Crippen molar-refractivity contribution in [3.63, 3.8) is 0 Å². The average molecular weight is 448 g/mol. The van der Waals surface area contributed by atoms with Crippen LogP contribution in [0.5, 0.6) is 0 Å². The zero-order valence-corrected chi connectivity index (χ0v) is 18.5. The Kier molecular flexibility index (Phi) is 6.64. The summed E-state index contributed by atoms with van der Waals surface area (Å²) in [5, 5.41) is 5.46. The number of hydrogen-bond donors (Lipinski definition) is 1. The normalized spacial score (nSPS) is 15.8. The summed E-state index contributed by atoms with van der Waals surface area (Å²) in [6, 6.07) is 23.0. The van der Waals surface area contributed by atoms with E-state index in [4.69, 9.17) is 0 Å². The average Bonchev–Trinajstić information content (AvgIpc) is 3.42. The van der Waals surface area contributed by atoms with E-state index < -0.39 is 0 Å². The van der Waals surface area contributed by atoms with E-state index in [-0.39, 0.29) is 23.6 Å². The fourth-order valence-corrected chi connectivity index (χ4v) is 4.62. The van der Waals surface area contributed by atoms with Crippen LogP contribution in [0.1, 0.15) is 23.4 Å². The Labute approximate surface area is 189 Å². The van der Waals surface area contributed by atoms with Crippen LogP contribution in [0.2, 0.25) is 0 Å². The summed E-state index contributed by atoms with van der Waals surface area (Å²) in [5.74, 6) is -0.140. The smallest absolute Gasteiger partial charge is 0.283 e. The summed E-state index contributed by atoms with van der Waals surface area (Å²) < 4.78 is 0. The van der Waals surface area contributed by atoms with Crippen LogP contribution in [0.15, 0.2) is 88.9 Å². The van der Waals surface area contributed by atoms with Crippen LogP contribution in [0, 0.1) is 0 Å². The van der Waals surface area contributed by atoms with E-state index >= 15 is 0 Å². The van der Waals surface area contributed by atoms with Crippen molar-refractivity contribution in [3.05, 3.63) is 94.3 Å². The van der Waals surface area contributed by atoms with Crippen molar-refractivity contribution in [1.82, 2.24) is 5.32 Å². The van der Waals surface area contributed by atoms with Crippen LogP contribution in [0.3, 0.4) is 0 Å². The van der Waals surface area contributed by atoms with Crippen molar-refractivity contribution < 1.29 is 9.59 Å². The minimum absolute atomic E-state index is 0.0963. The van der Waals surface area contributed by atoms with E-state index in [0.29, 0.717) is 10.9 Å². The second-order valence-corrected chi connectivity index (χ2v) is 8.83. The first-order valence-electron chi connectivity index (χ1n) is 9.82. The first-order chi connectivity index (χ1) is 15.1. The molecule has 1 aliphatic heterocycles. The molecular weight excluding hydrogens is 426 g/mol. The van der Waals surface area contributed by atoms with Crippen molar-refractivity contribution >= 4 is 51.8 Å². The molecule has 2 amide bonds. The second kappa shape index (κ2) is 9.76. The van der Waals surface area contributed by atoms with Crippen molar-refractivity contribution in [2.45, 2.75) is 13.0 Å². The molecule has 4 rings (SSSR count). The van der Waals surface area contributed by atoms with Gasteiger partial charge in [0.05, 0.1) is 17.5 Å². The first-order valence-corrected chi connectivity index (χ1v) is 11.7. The molecule has 1 unspecified atom stereocenters. The summed E-state index contributed by atoms with van der Waals surface area (Å²) in [6.07, 6.45) is 1.79. The lowest BCUT2D eigenvalue weighted by Crippen LogP contribution is -2.33. The number of hydrogen-bond acceptors (Lipinski definition) is 5. The van der Waals surface area contributed by atoms with Gasteiger partial charge < -0.3 is 5.32 Å². The maximum absolute atomic E-state index is 13.1. The molecule has 3 aromatic rings. The maximum Gasteiger partial charge on any atom is 0.283 e. The highest BCUT2D eigenvalue weighted by molar-refractivity contribution is 8.14. The van der Waals surface area contributed by atoms with Gasteiger partial charge in [0.25, 0.3) is 5.91 Å². The predicted molar refractivity (Wildman–Crippen MR) is 129 cm³/mol. The molecule has 156 valence electrons. The van der Waals surface area contributed by atoms with Crippen LogP contribution in [0.4, 0.5) is 5.69 Å². The van der Waals surface area contributed by atoms with Gasteiger partial charge in [-0.3, -0.25) is 14.5 Å². The molecule has 0 radical (unpaired) electrons. The Bertz CT molecular complexity index is 1110. The van der Waals surface area contributed by atoms with E-state index in [1.54, 1.807) is 22.3 Å². The van der Waals surface area contributed by atoms with E-state index in [1.807, 2.05) is 85.1 Å². The lowest BCUT2D eigenvalue weighted by molar-refractivity contribution is -0.119. The molecular formula is C24H21N3O2S2. The van der Waals surface area contributed by atoms with Gasteiger partial charge in [-0.2, -0.15) is 0 Å². The number of carbonyl (C=O) groups is 2. The molecule has 0 aliphatic carbocycles. The van der Waals surface area contributed by atoms with Gasteiger partial charge in [0, 0.05) is 4.88 Å². The van der Waals surface area contributed by atoms with E-state index in [0.717, 1.165) is 16.1 Å². The fraction of sp³-hybridized carbons (Fsp3) is 0.125. The molecule has 31 heavy (non-hydrogen) atoms. The minimum Gasteiger partial charge on any atom is -0.349 e. The van der Waals surface area contributed by atoms with Crippen molar-refractivity contribution in [3.8, 4) is 0 Å². The number of benzene rings is 2. The largest absolute Gasteiger partial charge is 0.349 e. The third-order valence-electron chi connectivity index (χ3n) is 4.68. The van der Waals surface area contributed by atoms with Crippen molar-refractivity contribution in [1.29, 1.82) is 0 Å². The Morgan fingerprint density at radius 2 is 1.81 bits per heavy atom. The lowest BCUT2D eigenvalue weighted by Gasteiger charge is -2.18. The molecule has 5 nitrogen and oxygen atoms in total. The van der Waals surface area contributed by atoms with E-state index in [2.05, 4.69) is 10.3 Å². The van der Waals surface area contributed by atoms with Gasteiger partial charge in [-0.05, 0) is 42.1 Å². The molecule has 2 aromatic carbocycles. The minimum atomic E-state index is -0.194. The van der Waals surface area contributed by atoms with E-state index in [9.17, 15) is 9.59 Å². The summed E-state index contributed by atoms with van der Waals surface area (Å²) in [5.41, 5.74) is 2.14. The molecule has 1 aliphatic rings. The molecule has 0 saturated carbocycles. The number of aliphatic imine (C=N–C) groups is 1. The first kappa shape index (κ1) is 21.1. The Hall–Kier alpha value is -3.16. The van der Waals surface area contributed by atoms with Crippen LogP contribution in [-0.4, -0.2) is 22.7 Å². The van der Waals surface area contributed by atoms with Gasteiger partial charge in [0.2, 0.25) is 5.91 Å². The number of thioether (sulfide) groups is 1. The van der Waals surface area contributed by atoms with Crippen LogP contribution < -0.4 is 10.2 Å². The summed E-state index contributed by atoms with van der Waals surface area (Å²) in [7, 11) is 0. The number of thiophene rings is 1. The summed E-state index contributed by atoms with van der Waals surface area (Å²) >= 11 is 2.80.